The smallest absolute Gasteiger partial charge is 0.257 e. The van der Waals surface area contributed by atoms with Crippen LogP contribution in [-0.2, 0) is 14.8 Å². The molecule has 0 aliphatic carbocycles. The van der Waals surface area contributed by atoms with E-state index in [0.29, 0.717) is 57.1 Å². The molecule has 0 unspecified atom stereocenters. The van der Waals surface area contributed by atoms with Crippen LogP contribution >= 0.6 is 0 Å². The quantitative estimate of drug-likeness (QED) is 0.700. The number of furan rings is 1. The first kappa shape index (κ1) is 22.5. The molecule has 9 nitrogen and oxygen atoms in total. The van der Waals surface area contributed by atoms with Crippen molar-refractivity contribution in [2.45, 2.75) is 17.7 Å². The van der Waals surface area contributed by atoms with Gasteiger partial charge in [-0.3, -0.25) is 9.59 Å². The molecule has 0 saturated carbocycles. The highest BCUT2D eigenvalue weighted by molar-refractivity contribution is 7.89. The van der Waals surface area contributed by atoms with Crippen LogP contribution < -0.4 is 5.32 Å². The molecule has 32 heavy (non-hydrogen) atoms. The first-order chi connectivity index (χ1) is 15.4. The lowest BCUT2D eigenvalue weighted by molar-refractivity contribution is 0.0683. The number of morpholine rings is 1. The van der Waals surface area contributed by atoms with Crippen molar-refractivity contribution in [3.05, 3.63) is 54.0 Å². The highest BCUT2D eigenvalue weighted by Crippen LogP contribution is 2.20. The number of nitrogens with zero attached hydrogens (tertiary/aromatic N) is 2. The lowest BCUT2D eigenvalue weighted by Crippen LogP contribution is -2.41. The number of rotatable bonds is 6. The zero-order valence-electron chi connectivity index (χ0n) is 17.7. The molecule has 2 aliphatic rings. The van der Waals surface area contributed by atoms with Crippen LogP contribution in [-0.4, -0.2) is 75.4 Å². The van der Waals surface area contributed by atoms with E-state index in [9.17, 15) is 18.0 Å². The lowest BCUT2D eigenvalue weighted by Gasteiger charge is -2.31. The average molecular weight is 462 g/mol. The molecule has 2 saturated heterocycles. The van der Waals surface area contributed by atoms with Gasteiger partial charge in [-0.05, 0) is 49.1 Å². The third-order valence-electron chi connectivity index (χ3n) is 5.95. The number of piperidine rings is 1. The van der Waals surface area contributed by atoms with Crippen molar-refractivity contribution in [3.63, 3.8) is 0 Å². The highest BCUT2D eigenvalue weighted by Gasteiger charge is 2.27. The number of benzene rings is 1. The van der Waals surface area contributed by atoms with Crippen molar-refractivity contribution in [1.82, 2.24) is 14.5 Å². The van der Waals surface area contributed by atoms with Gasteiger partial charge < -0.3 is 19.4 Å². The first-order valence-corrected chi connectivity index (χ1v) is 12.2. The maximum atomic E-state index is 12.7. The second-order valence-electron chi connectivity index (χ2n) is 8.00. The number of sulfonamides is 1. The molecule has 2 aromatic rings. The maximum absolute atomic E-state index is 12.7. The molecule has 1 aromatic carbocycles. The molecule has 0 spiro atoms. The normalized spacial score (nSPS) is 18.4. The first-order valence-electron chi connectivity index (χ1n) is 10.7. The SMILES string of the molecule is O=C(NCC1CCN(C(=O)c2ccoc2)CC1)c1ccc(S(=O)(=O)N2CCOCC2)cc1. The molecule has 2 amide bonds. The molecule has 0 atom stereocenters. The van der Waals surface area contributed by atoms with Gasteiger partial charge >= 0.3 is 0 Å². The minimum absolute atomic E-state index is 0.0339. The van der Waals surface area contributed by atoms with E-state index < -0.39 is 10.0 Å². The number of hydrogen-bond acceptors (Lipinski definition) is 6. The van der Waals surface area contributed by atoms with Crippen LogP contribution in [0.2, 0.25) is 0 Å². The fraction of sp³-hybridized carbons (Fsp3) is 0.455. The van der Waals surface area contributed by atoms with Crippen LogP contribution in [0.1, 0.15) is 33.6 Å². The third-order valence-corrected chi connectivity index (χ3v) is 7.86. The summed E-state index contributed by atoms with van der Waals surface area (Å²) in [7, 11) is -3.58. The minimum Gasteiger partial charge on any atom is -0.472 e. The number of carbonyl (C=O) groups excluding carboxylic acids is 2. The van der Waals surface area contributed by atoms with Crippen LogP contribution in [0.4, 0.5) is 0 Å². The Hall–Kier alpha value is -2.69. The summed E-state index contributed by atoms with van der Waals surface area (Å²) in [5.74, 6) is 0.0129. The summed E-state index contributed by atoms with van der Waals surface area (Å²) < 4.78 is 37.0. The molecule has 0 bridgehead atoms. The Bertz CT molecular complexity index is 1020. The van der Waals surface area contributed by atoms with Crippen molar-refractivity contribution in [1.29, 1.82) is 0 Å². The Morgan fingerprint density at radius 3 is 2.28 bits per heavy atom. The summed E-state index contributed by atoms with van der Waals surface area (Å²) in [4.78, 5) is 26.9. The van der Waals surface area contributed by atoms with Crippen molar-refractivity contribution >= 4 is 21.8 Å². The monoisotopic (exact) mass is 461 g/mol. The number of hydrogen-bond donors (Lipinski definition) is 1. The Kier molecular flexibility index (Phi) is 6.92. The Morgan fingerprint density at radius 1 is 0.969 bits per heavy atom. The van der Waals surface area contributed by atoms with Crippen molar-refractivity contribution < 1.29 is 27.2 Å². The van der Waals surface area contributed by atoms with Crippen LogP contribution in [0.15, 0.2) is 52.2 Å². The van der Waals surface area contributed by atoms with E-state index in [1.807, 2.05) is 0 Å². The number of ether oxygens (including phenoxy) is 1. The second-order valence-corrected chi connectivity index (χ2v) is 9.94. The van der Waals surface area contributed by atoms with Crippen LogP contribution in [0, 0.1) is 5.92 Å². The fourth-order valence-corrected chi connectivity index (χ4v) is 5.37. The topological polar surface area (TPSA) is 109 Å². The van der Waals surface area contributed by atoms with E-state index in [1.165, 1.54) is 41.1 Å². The number of carbonyl (C=O) groups is 2. The largest absolute Gasteiger partial charge is 0.472 e. The molecular formula is C22H27N3O6S. The molecular weight excluding hydrogens is 434 g/mol. The molecule has 1 N–H and O–H groups in total. The van der Waals surface area contributed by atoms with E-state index in [2.05, 4.69) is 5.32 Å². The number of nitrogens with one attached hydrogen (secondary N) is 1. The summed E-state index contributed by atoms with van der Waals surface area (Å²) in [5.41, 5.74) is 0.967. The van der Waals surface area contributed by atoms with E-state index in [1.54, 1.807) is 11.0 Å². The van der Waals surface area contributed by atoms with Gasteiger partial charge in [0.2, 0.25) is 10.0 Å². The van der Waals surface area contributed by atoms with Crippen molar-refractivity contribution in [2.75, 3.05) is 45.9 Å². The predicted molar refractivity (Wildman–Crippen MR) is 116 cm³/mol. The second kappa shape index (κ2) is 9.85. The highest BCUT2D eigenvalue weighted by atomic mass is 32.2. The zero-order valence-corrected chi connectivity index (χ0v) is 18.6. The Morgan fingerprint density at radius 2 is 1.66 bits per heavy atom. The van der Waals surface area contributed by atoms with Crippen molar-refractivity contribution in [2.24, 2.45) is 5.92 Å². The lowest BCUT2D eigenvalue weighted by atomic mass is 9.96. The van der Waals surface area contributed by atoms with Gasteiger partial charge in [0.15, 0.2) is 0 Å². The molecule has 2 fully saturated rings. The molecule has 172 valence electrons. The Labute approximate surface area is 187 Å². The molecule has 1 aromatic heterocycles. The van der Waals surface area contributed by atoms with Gasteiger partial charge in [-0.25, -0.2) is 8.42 Å². The van der Waals surface area contributed by atoms with Gasteiger partial charge in [0.05, 0.1) is 29.9 Å². The fourth-order valence-electron chi connectivity index (χ4n) is 3.96. The number of amides is 2. The van der Waals surface area contributed by atoms with Gasteiger partial charge in [0.25, 0.3) is 11.8 Å². The summed E-state index contributed by atoms with van der Waals surface area (Å²) in [6, 6.07) is 7.68. The van der Waals surface area contributed by atoms with Crippen LogP contribution in [0.3, 0.4) is 0 Å². The van der Waals surface area contributed by atoms with Gasteiger partial charge in [-0.2, -0.15) is 4.31 Å². The predicted octanol–water partition coefficient (Wildman–Crippen LogP) is 1.58. The van der Waals surface area contributed by atoms with E-state index in [0.717, 1.165) is 12.8 Å². The Balaban J connectivity index is 1.26. The average Bonchev–Trinajstić information content (AvgIpc) is 3.38. The summed E-state index contributed by atoms with van der Waals surface area (Å²) in [6.07, 6.45) is 4.55. The third kappa shape index (κ3) is 5.03. The standard InChI is InChI=1S/C22H27N3O6S/c26-21(18-1-3-20(4-2-18)32(28,29)25-10-13-30-14-11-25)23-15-17-5-8-24(9-6-17)22(27)19-7-12-31-16-19/h1-4,7,12,16-17H,5-6,8-11,13-15H2,(H,23,26). The molecule has 3 heterocycles. The minimum atomic E-state index is -3.58. The molecule has 10 heteroatoms. The van der Waals surface area contributed by atoms with E-state index in [4.69, 9.17) is 9.15 Å². The van der Waals surface area contributed by atoms with Crippen molar-refractivity contribution in [3.8, 4) is 0 Å². The van der Waals surface area contributed by atoms with Gasteiger partial charge in [-0.1, -0.05) is 0 Å². The molecule has 2 aliphatic heterocycles. The molecule has 0 radical (unpaired) electrons. The van der Waals surface area contributed by atoms with Gasteiger partial charge in [0.1, 0.15) is 6.26 Å². The summed E-state index contributed by atoms with van der Waals surface area (Å²) in [6.45, 7) is 3.22. The zero-order chi connectivity index (χ0) is 22.6. The van der Waals surface area contributed by atoms with Crippen LogP contribution in [0.5, 0.6) is 0 Å². The van der Waals surface area contributed by atoms with Gasteiger partial charge in [-0.15, -0.1) is 0 Å². The maximum Gasteiger partial charge on any atom is 0.257 e. The summed E-state index contributed by atoms with van der Waals surface area (Å²) >= 11 is 0. The van der Waals surface area contributed by atoms with E-state index >= 15 is 0 Å². The number of likely N-dealkylation sites (tertiary alicyclic amines) is 1. The summed E-state index contributed by atoms with van der Waals surface area (Å²) in [5, 5.41) is 2.93. The van der Waals surface area contributed by atoms with Crippen LogP contribution in [0.25, 0.3) is 0 Å². The van der Waals surface area contributed by atoms with E-state index in [-0.39, 0.29) is 22.6 Å². The molecule has 4 rings (SSSR count). The van der Waals surface area contributed by atoms with Gasteiger partial charge in [0, 0.05) is 38.3 Å².